The fraction of sp³-hybridized carbons (Fsp3) is 0.316. The smallest absolute Gasteiger partial charge is 0.261 e. The third-order valence-corrected chi connectivity index (χ3v) is 3.92. The number of amides is 1. The van der Waals surface area contributed by atoms with Crippen LogP contribution in [-0.2, 0) is 4.79 Å². The number of rotatable bonds is 5. The Balaban J connectivity index is 1.60. The maximum absolute atomic E-state index is 12.9. The van der Waals surface area contributed by atoms with Gasteiger partial charge in [0.2, 0.25) is 0 Å². The summed E-state index contributed by atoms with van der Waals surface area (Å²) in [5, 5.41) is 2.90. The number of nitrogens with one attached hydrogen (secondary N) is 1. The van der Waals surface area contributed by atoms with Crippen molar-refractivity contribution in [2.24, 2.45) is 0 Å². The topological polar surface area (TPSA) is 56.8 Å². The summed E-state index contributed by atoms with van der Waals surface area (Å²) in [6.45, 7) is 4.58. The van der Waals surface area contributed by atoms with E-state index in [1.54, 1.807) is 6.92 Å². The number of carbonyl (C=O) groups is 1. The third kappa shape index (κ3) is 4.21. The Morgan fingerprint density at radius 1 is 1.08 bits per heavy atom. The molecule has 1 N–H and O–H groups in total. The Hall–Kier alpha value is -2.76. The van der Waals surface area contributed by atoms with Crippen LogP contribution in [0.5, 0.6) is 17.2 Å². The summed E-state index contributed by atoms with van der Waals surface area (Å²) >= 11 is 0. The number of fused-ring (bicyclic) bond motifs is 1. The second-order valence-corrected chi connectivity index (χ2v) is 5.85. The molecule has 0 aromatic heterocycles. The lowest BCUT2D eigenvalue weighted by atomic mass is 10.1. The van der Waals surface area contributed by atoms with E-state index in [-0.39, 0.29) is 17.8 Å². The van der Waals surface area contributed by atoms with Gasteiger partial charge < -0.3 is 19.5 Å². The molecule has 132 valence electrons. The number of hydrogen-bond donors (Lipinski definition) is 1. The van der Waals surface area contributed by atoms with Gasteiger partial charge in [0.15, 0.2) is 17.6 Å². The molecule has 0 radical (unpaired) electrons. The van der Waals surface area contributed by atoms with Crippen molar-refractivity contribution in [2.75, 3.05) is 13.2 Å². The van der Waals surface area contributed by atoms with Gasteiger partial charge in [-0.25, -0.2) is 4.39 Å². The lowest BCUT2D eigenvalue weighted by Gasteiger charge is -2.22. The van der Waals surface area contributed by atoms with E-state index in [2.05, 4.69) is 5.32 Å². The highest BCUT2D eigenvalue weighted by Gasteiger charge is 2.19. The van der Waals surface area contributed by atoms with Crippen molar-refractivity contribution in [3.63, 3.8) is 0 Å². The summed E-state index contributed by atoms with van der Waals surface area (Å²) in [4.78, 5) is 12.3. The average Bonchev–Trinajstić information content (AvgIpc) is 2.63. The minimum atomic E-state index is -0.704. The van der Waals surface area contributed by atoms with Crippen LogP contribution in [0.25, 0.3) is 0 Å². The lowest BCUT2D eigenvalue weighted by molar-refractivity contribution is -0.127. The molecule has 1 aliphatic rings. The van der Waals surface area contributed by atoms with Gasteiger partial charge in [-0.2, -0.15) is 0 Å². The first-order chi connectivity index (χ1) is 12.0. The number of benzene rings is 2. The van der Waals surface area contributed by atoms with Crippen molar-refractivity contribution in [2.45, 2.75) is 26.0 Å². The molecular weight excluding hydrogens is 325 g/mol. The molecular formula is C19H20FNO4. The van der Waals surface area contributed by atoms with Crippen LogP contribution in [0.3, 0.4) is 0 Å². The molecule has 6 heteroatoms. The van der Waals surface area contributed by atoms with E-state index in [1.165, 1.54) is 24.3 Å². The van der Waals surface area contributed by atoms with Crippen LogP contribution in [0, 0.1) is 5.82 Å². The van der Waals surface area contributed by atoms with E-state index in [9.17, 15) is 9.18 Å². The summed E-state index contributed by atoms with van der Waals surface area (Å²) < 4.78 is 29.5. The van der Waals surface area contributed by atoms with E-state index >= 15 is 0 Å². The molecule has 0 bridgehead atoms. The molecule has 0 spiro atoms. The first kappa shape index (κ1) is 17.1. The van der Waals surface area contributed by atoms with Gasteiger partial charge in [0.1, 0.15) is 24.8 Å². The molecule has 0 fully saturated rings. The minimum Gasteiger partial charge on any atom is -0.486 e. The molecule has 5 nitrogen and oxygen atoms in total. The highest BCUT2D eigenvalue weighted by Crippen LogP contribution is 2.32. The zero-order chi connectivity index (χ0) is 17.8. The summed E-state index contributed by atoms with van der Waals surface area (Å²) in [6.07, 6.45) is -0.704. The summed E-state index contributed by atoms with van der Waals surface area (Å²) in [7, 11) is 0. The molecule has 0 saturated carbocycles. The normalized spacial score (nSPS) is 15.2. The zero-order valence-corrected chi connectivity index (χ0v) is 14.1. The highest BCUT2D eigenvalue weighted by molar-refractivity contribution is 5.81. The first-order valence-corrected chi connectivity index (χ1v) is 8.15. The van der Waals surface area contributed by atoms with Gasteiger partial charge >= 0.3 is 0 Å². The summed E-state index contributed by atoms with van der Waals surface area (Å²) in [5.74, 6) is 1.22. The Morgan fingerprint density at radius 2 is 1.76 bits per heavy atom. The van der Waals surface area contributed by atoms with Crippen molar-refractivity contribution >= 4 is 5.91 Å². The molecule has 25 heavy (non-hydrogen) atoms. The first-order valence-electron chi connectivity index (χ1n) is 8.15. The van der Waals surface area contributed by atoms with Crippen LogP contribution in [0.1, 0.15) is 25.5 Å². The maximum Gasteiger partial charge on any atom is 0.261 e. The molecule has 1 heterocycles. The van der Waals surface area contributed by atoms with Gasteiger partial charge in [0.05, 0.1) is 6.04 Å². The Bertz CT molecular complexity index is 748. The van der Waals surface area contributed by atoms with Crippen molar-refractivity contribution in [1.29, 1.82) is 0 Å². The van der Waals surface area contributed by atoms with Crippen LogP contribution in [0.2, 0.25) is 0 Å². The second-order valence-electron chi connectivity index (χ2n) is 5.85. The lowest BCUT2D eigenvalue weighted by Crippen LogP contribution is -2.37. The quantitative estimate of drug-likeness (QED) is 0.904. The Kier molecular flexibility index (Phi) is 5.07. The second kappa shape index (κ2) is 7.42. The summed E-state index contributed by atoms with van der Waals surface area (Å²) in [5.41, 5.74) is 0.909. The van der Waals surface area contributed by atoms with Crippen molar-refractivity contribution in [3.05, 3.63) is 53.8 Å². The fourth-order valence-electron chi connectivity index (χ4n) is 2.51. The molecule has 0 saturated heterocycles. The molecule has 2 aromatic carbocycles. The molecule has 0 aliphatic carbocycles. The van der Waals surface area contributed by atoms with Crippen molar-refractivity contribution in [3.8, 4) is 17.2 Å². The fourth-order valence-corrected chi connectivity index (χ4v) is 2.51. The SMILES string of the molecule is C[C@@H](Oc1ccc(F)cc1)C(=O)N[C@H](C)c1ccc2c(c1)OCCO2. The predicted octanol–water partition coefficient (Wildman–Crippen LogP) is 3.24. The monoisotopic (exact) mass is 345 g/mol. The third-order valence-electron chi connectivity index (χ3n) is 3.92. The van der Waals surface area contributed by atoms with E-state index in [1.807, 2.05) is 25.1 Å². The van der Waals surface area contributed by atoms with E-state index in [0.717, 1.165) is 5.56 Å². The van der Waals surface area contributed by atoms with E-state index in [4.69, 9.17) is 14.2 Å². The standard InChI is InChI=1S/C19H20FNO4/c1-12(14-3-8-17-18(11-14)24-10-9-23-17)21-19(22)13(2)25-16-6-4-15(20)5-7-16/h3-8,11-13H,9-10H2,1-2H3,(H,21,22)/t12-,13-/m1/s1. The number of halogens is 1. The van der Waals surface area contributed by atoms with E-state index < -0.39 is 6.10 Å². The van der Waals surface area contributed by atoms with Crippen LogP contribution in [-0.4, -0.2) is 25.2 Å². The van der Waals surface area contributed by atoms with Crippen molar-refractivity contribution < 1.29 is 23.4 Å². The molecule has 2 atom stereocenters. The zero-order valence-electron chi connectivity index (χ0n) is 14.1. The van der Waals surface area contributed by atoms with Gasteiger partial charge in [-0.05, 0) is 55.8 Å². The van der Waals surface area contributed by atoms with Crippen LogP contribution >= 0.6 is 0 Å². The minimum absolute atomic E-state index is 0.220. The number of ether oxygens (including phenoxy) is 3. The number of hydrogen-bond acceptors (Lipinski definition) is 4. The van der Waals surface area contributed by atoms with E-state index in [0.29, 0.717) is 30.5 Å². The predicted molar refractivity (Wildman–Crippen MR) is 90.5 cm³/mol. The largest absolute Gasteiger partial charge is 0.486 e. The maximum atomic E-state index is 12.9. The Labute approximate surface area is 145 Å². The van der Waals surface area contributed by atoms with Gasteiger partial charge in [-0.1, -0.05) is 6.07 Å². The average molecular weight is 345 g/mol. The van der Waals surface area contributed by atoms with Crippen LogP contribution in [0.4, 0.5) is 4.39 Å². The molecule has 1 amide bonds. The van der Waals surface area contributed by atoms with Gasteiger partial charge in [0, 0.05) is 0 Å². The molecule has 1 aliphatic heterocycles. The van der Waals surface area contributed by atoms with Crippen LogP contribution < -0.4 is 19.5 Å². The summed E-state index contributed by atoms with van der Waals surface area (Å²) in [6, 6.07) is 10.9. The highest BCUT2D eigenvalue weighted by atomic mass is 19.1. The Morgan fingerprint density at radius 3 is 2.48 bits per heavy atom. The van der Waals surface area contributed by atoms with Crippen molar-refractivity contribution in [1.82, 2.24) is 5.32 Å². The molecule has 0 unspecified atom stereocenters. The van der Waals surface area contributed by atoms with Crippen LogP contribution in [0.15, 0.2) is 42.5 Å². The molecule has 3 rings (SSSR count). The van der Waals surface area contributed by atoms with Gasteiger partial charge in [0.25, 0.3) is 5.91 Å². The van der Waals surface area contributed by atoms with Gasteiger partial charge in [-0.3, -0.25) is 4.79 Å². The molecule has 2 aromatic rings. The van der Waals surface area contributed by atoms with Gasteiger partial charge in [-0.15, -0.1) is 0 Å². The number of carbonyl (C=O) groups excluding carboxylic acids is 1.